The Kier molecular flexibility index (Phi) is 4.18. The molecular formula is C19H20O4. The second-order valence-electron chi connectivity index (χ2n) is 5.94. The van der Waals surface area contributed by atoms with E-state index in [9.17, 15) is 0 Å². The zero-order chi connectivity index (χ0) is 15.5. The minimum absolute atomic E-state index is 0.0607. The van der Waals surface area contributed by atoms with Crippen LogP contribution in [-0.2, 0) is 15.9 Å². The van der Waals surface area contributed by atoms with Gasteiger partial charge in [0.25, 0.3) is 0 Å². The van der Waals surface area contributed by atoms with E-state index in [1.165, 1.54) is 11.1 Å². The third-order valence-corrected chi connectivity index (χ3v) is 4.02. The van der Waals surface area contributed by atoms with Gasteiger partial charge in [-0.3, -0.25) is 0 Å². The number of hydrogen-bond donors (Lipinski definition) is 0. The summed E-state index contributed by atoms with van der Waals surface area (Å²) >= 11 is 0. The Morgan fingerprint density at radius 1 is 0.870 bits per heavy atom. The monoisotopic (exact) mass is 312 g/mol. The highest BCUT2D eigenvalue weighted by atomic mass is 16.7. The Morgan fingerprint density at radius 3 is 2.00 bits per heavy atom. The van der Waals surface area contributed by atoms with Crippen LogP contribution in [0.2, 0.25) is 0 Å². The second-order valence-corrected chi connectivity index (χ2v) is 5.94. The highest BCUT2D eigenvalue weighted by molar-refractivity contribution is 5.34. The fourth-order valence-electron chi connectivity index (χ4n) is 2.44. The predicted molar refractivity (Wildman–Crippen MR) is 85.9 cm³/mol. The average Bonchev–Trinajstić information content (AvgIpc) is 3.36. The summed E-state index contributed by atoms with van der Waals surface area (Å²) < 4.78 is 21.7. The number of epoxide rings is 1. The van der Waals surface area contributed by atoms with Crippen molar-refractivity contribution in [3.05, 3.63) is 59.7 Å². The van der Waals surface area contributed by atoms with Crippen LogP contribution >= 0.6 is 0 Å². The van der Waals surface area contributed by atoms with Crippen molar-refractivity contribution in [2.45, 2.75) is 25.2 Å². The minimum atomic E-state index is -0.0607. The molecule has 2 aliphatic heterocycles. The summed E-state index contributed by atoms with van der Waals surface area (Å²) in [5.41, 5.74) is 2.52. The Bertz CT molecular complexity index is 627. The van der Waals surface area contributed by atoms with Crippen molar-refractivity contribution in [3.63, 3.8) is 0 Å². The van der Waals surface area contributed by atoms with Gasteiger partial charge in [0.2, 0.25) is 6.29 Å². The topological polar surface area (TPSA) is 40.2 Å². The molecular weight excluding hydrogens is 292 g/mol. The molecule has 2 unspecified atom stereocenters. The summed E-state index contributed by atoms with van der Waals surface area (Å²) in [6, 6.07) is 16.5. The minimum Gasteiger partial charge on any atom is -0.491 e. The summed E-state index contributed by atoms with van der Waals surface area (Å²) in [6.45, 7) is 2.27. The van der Waals surface area contributed by atoms with Crippen LogP contribution in [0, 0.1) is 0 Å². The van der Waals surface area contributed by atoms with Gasteiger partial charge in [-0.25, -0.2) is 0 Å². The van der Waals surface area contributed by atoms with Crippen LogP contribution < -0.4 is 9.47 Å². The highest BCUT2D eigenvalue weighted by Crippen LogP contribution is 2.21. The van der Waals surface area contributed by atoms with Crippen LogP contribution in [0.5, 0.6) is 11.5 Å². The molecule has 0 aliphatic carbocycles. The van der Waals surface area contributed by atoms with Gasteiger partial charge < -0.3 is 18.9 Å². The lowest BCUT2D eigenvalue weighted by Crippen LogP contribution is -2.32. The first-order chi connectivity index (χ1) is 11.3. The van der Waals surface area contributed by atoms with Crippen LogP contribution in [0.15, 0.2) is 48.5 Å². The average molecular weight is 312 g/mol. The number of rotatable bonds is 7. The van der Waals surface area contributed by atoms with Crippen molar-refractivity contribution in [1.29, 1.82) is 0 Å². The molecule has 0 radical (unpaired) electrons. The maximum Gasteiger partial charge on any atom is 0.202 e. The summed E-state index contributed by atoms with van der Waals surface area (Å²) in [7, 11) is 0. The van der Waals surface area contributed by atoms with Gasteiger partial charge in [-0.15, -0.1) is 0 Å². The molecule has 2 aromatic carbocycles. The number of hydrogen-bond acceptors (Lipinski definition) is 4. The second kappa shape index (κ2) is 6.60. The Hall–Kier alpha value is -2.04. The molecule has 0 saturated carbocycles. The molecule has 2 aliphatic rings. The molecule has 2 fully saturated rings. The van der Waals surface area contributed by atoms with Gasteiger partial charge in [0.1, 0.15) is 24.2 Å². The van der Waals surface area contributed by atoms with Crippen LogP contribution in [-0.4, -0.2) is 32.2 Å². The molecule has 0 N–H and O–H groups in total. The van der Waals surface area contributed by atoms with E-state index in [1.807, 2.05) is 24.3 Å². The molecule has 4 nitrogen and oxygen atoms in total. The lowest BCUT2D eigenvalue weighted by molar-refractivity contribution is -0.165. The van der Waals surface area contributed by atoms with E-state index in [2.05, 4.69) is 24.3 Å². The number of ether oxygens (including phenoxy) is 4. The molecule has 2 heterocycles. The maximum atomic E-state index is 5.67. The van der Waals surface area contributed by atoms with E-state index in [0.29, 0.717) is 12.7 Å². The Labute approximate surface area is 135 Å². The number of benzene rings is 2. The largest absolute Gasteiger partial charge is 0.491 e. The van der Waals surface area contributed by atoms with Crippen molar-refractivity contribution in [3.8, 4) is 11.5 Å². The molecule has 0 spiro atoms. The molecule has 23 heavy (non-hydrogen) atoms. The third-order valence-electron chi connectivity index (χ3n) is 4.02. The summed E-state index contributed by atoms with van der Waals surface area (Å²) in [6.07, 6.45) is 2.10. The standard InChI is InChI=1S/C19H20O4/c1-5-16(21-12-18-13-22-18)6-2-14(1)11-15-3-7-17(8-4-15)23-19-9-10-20-19/h1-8,18-19H,9-13H2. The third kappa shape index (κ3) is 4.03. The van der Waals surface area contributed by atoms with Crippen LogP contribution in [0.4, 0.5) is 0 Å². The zero-order valence-corrected chi connectivity index (χ0v) is 12.9. The van der Waals surface area contributed by atoms with Crippen molar-refractivity contribution >= 4 is 0 Å². The van der Waals surface area contributed by atoms with Crippen molar-refractivity contribution in [2.24, 2.45) is 0 Å². The van der Waals surface area contributed by atoms with Gasteiger partial charge in [0.15, 0.2) is 0 Å². The molecule has 120 valence electrons. The normalized spacial score (nSPS) is 22.3. The van der Waals surface area contributed by atoms with Crippen LogP contribution in [0.25, 0.3) is 0 Å². The van der Waals surface area contributed by atoms with E-state index in [4.69, 9.17) is 18.9 Å². The van der Waals surface area contributed by atoms with Crippen molar-refractivity contribution < 1.29 is 18.9 Å². The highest BCUT2D eigenvalue weighted by Gasteiger charge is 2.23. The first-order valence-corrected chi connectivity index (χ1v) is 8.06. The van der Waals surface area contributed by atoms with E-state index < -0.39 is 0 Å². The smallest absolute Gasteiger partial charge is 0.202 e. The first kappa shape index (κ1) is 14.5. The molecule has 4 heteroatoms. The van der Waals surface area contributed by atoms with Gasteiger partial charge in [-0.05, 0) is 41.8 Å². The van der Waals surface area contributed by atoms with Gasteiger partial charge in [0, 0.05) is 6.42 Å². The van der Waals surface area contributed by atoms with E-state index in [0.717, 1.165) is 37.6 Å². The van der Waals surface area contributed by atoms with Crippen molar-refractivity contribution in [1.82, 2.24) is 0 Å². The summed E-state index contributed by atoms with van der Waals surface area (Å²) in [4.78, 5) is 0. The molecule has 2 atom stereocenters. The summed E-state index contributed by atoms with van der Waals surface area (Å²) in [5.74, 6) is 1.76. The van der Waals surface area contributed by atoms with Gasteiger partial charge in [-0.2, -0.15) is 0 Å². The SMILES string of the molecule is c1cc(OCC2CO2)ccc1Cc1ccc(OC2CCO2)cc1. The lowest BCUT2D eigenvalue weighted by atomic mass is 10.0. The fraction of sp³-hybridized carbons (Fsp3) is 0.368. The molecule has 0 amide bonds. The van der Waals surface area contributed by atoms with Gasteiger partial charge >= 0.3 is 0 Å². The summed E-state index contributed by atoms with van der Waals surface area (Å²) in [5, 5.41) is 0. The van der Waals surface area contributed by atoms with Crippen molar-refractivity contribution in [2.75, 3.05) is 19.8 Å². The lowest BCUT2D eigenvalue weighted by Gasteiger charge is -2.26. The fourth-order valence-corrected chi connectivity index (χ4v) is 2.44. The first-order valence-electron chi connectivity index (χ1n) is 8.06. The Balaban J connectivity index is 1.31. The maximum absolute atomic E-state index is 5.67. The quantitative estimate of drug-likeness (QED) is 0.736. The van der Waals surface area contributed by atoms with Crippen LogP contribution in [0.3, 0.4) is 0 Å². The predicted octanol–water partition coefficient (Wildman–Crippen LogP) is 3.18. The van der Waals surface area contributed by atoms with E-state index in [-0.39, 0.29) is 6.29 Å². The molecule has 4 rings (SSSR count). The van der Waals surface area contributed by atoms with E-state index in [1.54, 1.807) is 0 Å². The van der Waals surface area contributed by atoms with E-state index >= 15 is 0 Å². The van der Waals surface area contributed by atoms with Gasteiger partial charge in [-0.1, -0.05) is 24.3 Å². The zero-order valence-electron chi connectivity index (χ0n) is 12.9. The molecule has 0 bridgehead atoms. The van der Waals surface area contributed by atoms with Crippen LogP contribution in [0.1, 0.15) is 17.5 Å². The van der Waals surface area contributed by atoms with Gasteiger partial charge in [0.05, 0.1) is 13.2 Å². The molecule has 2 aromatic rings. The molecule has 0 aromatic heterocycles. The molecule has 2 saturated heterocycles. The Morgan fingerprint density at radius 2 is 1.48 bits per heavy atom.